The first-order valence-electron chi connectivity index (χ1n) is 7.11. The Morgan fingerprint density at radius 1 is 1.12 bits per heavy atom. The summed E-state index contributed by atoms with van der Waals surface area (Å²) < 4.78 is 44.4. The van der Waals surface area contributed by atoms with E-state index >= 15 is 0 Å². The van der Waals surface area contributed by atoms with Crippen LogP contribution in [0.1, 0.15) is 11.4 Å². The molecule has 1 N–H and O–H groups in total. The minimum Gasteiger partial charge on any atom is -0.497 e. The van der Waals surface area contributed by atoms with Gasteiger partial charge in [-0.15, -0.1) is 0 Å². The van der Waals surface area contributed by atoms with Crippen molar-refractivity contribution in [3.05, 3.63) is 53.9 Å². The first-order chi connectivity index (χ1) is 11.9. The highest BCUT2D eigenvalue weighted by Gasteiger charge is 2.35. The van der Waals surface area contributed by atoms with Crippen molar-refractivity contribution in [2.75, 3.05) is 12.4 Å². The van der Waals surface area contributed by atoms with Crippen molar-refractivity contribution in [3.8, 4) is 11.8 Å². The molecule has 5 nitrogen and oxygen atoms in total. The number of hydrogen-bond donors (Lipinski definition) is 1. The number of nitrogens with one attached hydrogen (secondary N) is 1. The fourth-order valence-corrected chi connectivity index (χ4v) is 2.26. The molecular formula is C17H11F3N4O. The number of nitrogens with zero attached hydrogens (tertiary/aromatic N) is 3. The summed E-state index contributed by atoms with van der Waals surface area (Å²) >= 11 is 0. The normalized spacial score (nSPS) is 11.2. The second-order valence-corrected chi connectivity index (χ2v) is 5.09. The highest BCUT2D eigenvalue weighted by atomic mass is 19.4. The molecule has 8 heteroatoms. The van der Waals surface area contributed by atoms with Crippen LogP contribution in [0.2, 0.25) is 0 Å². The zero-order valence-electron chi connectivity index (χ0n) is 12.9. The van der Waals surface area contributed by atoms with Crippen molar-refractivity contribution in [2.24, 2.45) is 0 Å². The van der Waals surface area contributed by atoms with Crippen LogP contribution in [0, 0.1) is 11.3 Å². The molecule has 1 heterocycles. The molecule has 3 rings (SSSR count). The smallest absolute Gasteiger partial charge is 0.451 e. The Labute approximate surface area is 140 Å². The van der Waals surface area contributed by atoms with E-state index in [9.17, 15) is 13.2 Å². The number of halogens is 3. The molecular weight excluding hydrogens is 333 g/mol. The van der Waals surface area contributed by atoms with E-state index in [1.54, 1.807) is 30.3 Å². The molecule has 0 unspecified atom stereocenters. The average molecular weight is 344 g/mol. The van der Waals surface area contributed by atoms with Gasteiger partial charge in [0, 0.05) is 17.1 Å². The maximum Gasteiger partial charge on any atom is 0.451 e. The molecule has 0 bridgehead atoms. The van der Waals surface area contributed by atoms with Gasteiger partial charge in [-0.1, -0.05) is 6.07 Å². The highest BCUT2D eigenvalue weighted by molar-refractivity contribution is 5.91. The van der Waals surface area contributed by atoms with Crippen LogP contribution in [-0.4, -0.2) is 17.1 Å². The van der Waals surface area contributed by atoms with Gasteiger partial charge in [0.05, 0.1) is 24.3 Å². The maximum absolute atomic E-state index is 13.1. The van der Waals surface area contributed by atoms with Gasteiger partial charge in [0.25, 0.3) is 0 Å². The lowest BCUT2D eigenvalue weighted by atomic mass is 10.2. The van der Waals surface area contributed by atoms with Crippen LogP contribution in [0.4, 0.5) is 24.7 Å². The molecule has 0 aliphatic rings. The third-order valence-electron chi connectivity index (χ3n) is 3.41. The topological polar surface area (TPSA) is 70.8 Å². The van der Waals surface area contributed by atoms with E-state index in [0.717, 1.165) is 0 Å². The van der Waals surface area contributed by atoms with Gasteiger partial charge in [-0.05, 0) is 30.3 Å². The number of aromatic nitrogens is 2. The van der Waals surface area contributed by atoms with E-state index in [1.807, 2.05) is 6.07 Å². The Morgan fingerprint density at radius 2 is 1.92 bits per heavy atom. The van der Waals surface area contributed by atoms with Gasteiger partial charge in [0.1, 0.15) is 11.6 Å². The van der Waals surface area contributed by atoms with Crippen molar-refractivity contribution in [1.29, 1.82) is 5.26 Å². The number of alkyl halides is 3. The molecule has 0 saturated carbocycles. The van der Waals surface area contributed by atoms with Gasteiger partial charge in [0.2, 0.25) is 5.82 Å². The van der Waals surface area contributed by atoms with Crippen LogP contribution >= 0.6 is 0 Å². The Bertz CT molecular complexity index is 980. The van der Waals surface area contributed by atoms with E-state index in [2.05, 4.69) is 15.3 Å². The van der Waals surface area contributed by atoms with Crippen LogP contribution in [0.15, 0.2) is 42.5 Å². The first-order valence-corrected chi connectivity index (χ1v) is 7.11. The molecule has 3 aromatic rings. The number of rotatable bonds is 3. The molecule has 0 amide bonds. The van der Waals surface area contributed by atoms with Gasteiger partial charge in [0.15, 0.2) is 0 Å². The average Bonchev–Trinajstić information content (AvgIpc) is 2.60. The molecule has 0 spiro atoms. The lowest BCUT2D eigenvalue weighted by Gasteiger charge is -2.13. The van der Waals surface area contributed by atoms with Crippen molar-refractivity contribution in [3.63, 3.8) is 0 Å². The molecule has 1 aromatic heterocycles. The monoisotopic (exact) mass is 344 g/mol. The SMILES string of the molecule is COc1ccc2c(Nc3cccc(C#N)c3)nc(C(F)(F)F)nc2c1. The summed E-state index contributed by atoms with van der Waals surface area (Å²) in [5.41, 5.74) is 0.921. The number of methoxy groups -OCH3 is 1. The number of hydrogen-bond acceptors (Lipinski definition) is 5. The summed E-state index contributed by atoms with van der Waals surface area (Å²) in [6.07, 6.45) is -4.69. The zero-order chi connectivity index (χ0) is 18.0. The van der Waals surface area contributed by atoms with Gasteiger partial charge in [-0.2, -0.15) is 18.4 Å². The standard InChI is InChI=1S/C17H11F3N4O/c1-25-12-5-6-13-14(8-12)23-16(17(18,19)20)24-15(13)22-11-4-2-3-10(7-11)9-21/h2-8H,1H3,(H,22,23,24). The van der Waals surface area contributed by atoms with Gasteiger partial charge in [-0.25, -0.2) is 9.97 Å². The summed E-state index contributed by atoms with van der Waals surface area (Å²) in [7, 11) is 1.42. The van der Waals surface area contributed by atoms with Crippen molar-refractivity contribution in [1.82, 2.24) is 9.97 Å². The minimum atomic E-state index is -4.69. The number of ether oxygens (including phenoxy) is 1. The molecule has 0 fully saturated rings. The fraction of sp³-hybridized carbons (Fsp3) is 0.118. The van der Waals surface area contributed by atoms with Crippen LogP contribution in [-0.2, 0) is 6.18 Å². The summed E-state index contributed by atoms with van der Waals surface area (Å²) in [6.45, 7) is 0. The molecule has 0 radical (unpaired) electrons. The Morgan fingerprint density at radius 3 is 2.60 bits per heavy atom. The third kappa shape index (κ3) is 3.45. The van der Waals surface area contributed by atoms with E-state index in [4.69, 9.17) is 10.00 Å². The van der Waals surface area contributed by atoms with Crippen molar-refractivity contribution < 1.29 is 17.9 Å². The van der Waals surface area contributed by atoms with Gasteiger partial charge in [-0.3, -0.25) is 0 Å². The molecule has 126 valence electrons. The molecule has 25 heavy (non-hydrogen) atoms. The number of nitriles is 1. The Hall–Kier alpha value is -3.34. The van der Waals surface area contributed by atoms with Gasteiger partial charge < -0.3 is 10.1 Å². The zero-order valence-corrected chi connectivity index (χ0v) is 12.9. The molecule has 0 aliphatic heterocycles. The maximum atomic E-state index is 13.1. The molecule has 0 aliphatic carbocycles. The fourth-order valence-electron chi connectivity index (χ4n) is 2.26. The Kier molecular flexibility index (Phi) is 4.15. The predicted molar refractivity (Wildman–Crippen MR) is 85.5 cm³/mol. The second-order valence-electron chi connectivity index (χ2n) is 5.09. The van der Waals surface area contributed by atoms with Crippen LogP contribution in [0.3, 0.4) is 0 Å². The summed E-state index contributed by atoms with van der Waals surface area (Å²) in [4.78, 5) is 7.19. The van der Waals surface area contributed by atoms with Crippen LogP contribution in [0.5, 0.6) is 5.75 Å². The minimum absolute atomic E-state index is 0.00457. The lowest BCUT2D eigenvalue weighted by Crippen LogP contribution is -2.12. The van der Waals surface area contributed by atoms with Crippen molar-refractivity contribution in [2.45, 2.75) is 6.18 Å². The quantitative estimate of drug-likeness (QED) is 0.768. The summed E-state index contributed by atoms with van der Waals surface area (Å²) in [5, 5.41) is 12.2. The van der Waals surface area contributed by atoms with Crippen molar-refractivity contribution >= 4 is 22.4 Å². The molecule has 0 saturated heterocycles. The lowest BCUT2D eigenvalue weighted by molar-refractivity contribution is -0.144. The van der Waals surface area contributed by atoms with E-state index < -0.39 is 12.0 Å². The first kappa shape index (κ1) is 16.5. The molecule has 2 aromatic carbocycles. The number of benzene rings is 2. The van der Waals surface area contributed by atoms with E-state index in [1.165, 1.54) is 19.2 Å². The van der Waals surface area contributed by atoms with E-state index in [-0.39, 0.29) is 11.3 Å². The predicted octanol–water partition coefficient (Wildman–Crippen LogP) is 4.27. The second kappa shape index (κ2) is 6.28. The largest absolute Gasteiger partial charge is 0.497 e. The Balaban J connectivity index is 2.16. The summed E-state index contributed by atoms with van der Waals surface area (Å²) in [6, 6.07) is 12.9. The highest BCUT2D eigenvalue weighted by Crippen LogP contribution is 2.32. The number of anilines is 2. The van der Waals surface area contributed by atoms with Crippen LogP contribution < -0.4 is 10.1 Å². The third-order valence-corrected chi connectivity index (χ3v) is 3.41. The van der Waals surface area contributed by atoms with Crippen LogP contribution in [0.25, 0.3) is 10.9 Å². The van der Waals surface area contributed by atoms with E-state index in [0.29, 0.717) is 22.4 Å². The summed E-state index contributed by atoms with van der Waals surface area (Å²) in [5.74, 6) is -0.876. The number of fused-ring (bicyclic) bond motifs is 1. The van der Waals surface area contributed by atoms with Gasteiger partial charge >= 0.3 is 6.18 Å². The molecule has 0 atom stereocenters.